The van der Waals surface area contributed by atoms with Crippen LogP contribution in [0.25, 0.3) is 0 Å². The third kappa shape index (κ3) is 878. The molecule has 2 radical (unpaired) electrons. The molecule has 0 amide bonds. The molecule has 0 aliphatic carbocycles. The summed E-state index contributed by atoms with van der Waals surface area (Å²) in [6, 6.07) is 0. The molecule has 0 heterocycles. The maximum atomic E-state index is 9.04. The molecule has 0 aliphatic heterocycles. The van der Waals surface area contributed by atoms with Gasteiger partial charge >= 0.3 is 0 Å². The van der Waals surface area contributed by atoms with Crippen molar-refractivity contribution < 1.29 is 4.79 Å². The Kier molecular flexibility index (Phi) is 1.28. The molecule has 0 spiro atoms. The maximum absolute atomic E-state index is 9.04. The molecule has 0 unspecified atom stereocenters. The average molecular weight is 70.9 g/mol. The van der Waals surface area contributed by atoms with Gasteiger partial charge in [0, 0.05) is 0 Å². The van der Waals surface area contributed by atoms with Crippen molar-refractivity contribution in [1.29, 1.82) is 0 Å². The molecular weight excluding hydrogens is 70.9 g/mol. The summed E-state index contributed by atoms with van der Waals surface area (Å²) in [5.41, 5.74) is 0. The van der Waals surface area contributed by atoms with Crippen molar-refractivity contribution in [2.75, 3.05) is 0 Å². The molecule has 0 aromatic carbocycles. The van der Waals surface area contributed by atoms with E-state index in [0.29, 0.717) is 0 Å². The quantitative estimate of drug-likeness (QED) is 0.291. The van der Waals surface area contributed by atoms with Crippen molar-refractivity contribution in [3.8, 4) is 0 Å². The molecule has 1 nitrogen and oxygen atoms in total. The van der Waals surface area contributed by atoms with E-state index in [9.17, 15) is 0 Å². The van der Waals surface area contributed by atoms with Gasteiger partial charge in [-0.3, -0.25) is 0 Å². The van der Waals surface area contributed by atoms with Gasteiger partial charge in [-0.15, -0.1) is 0 Å². The van der Waals surface area contributed by atoms with Crippen molar-refractivity contribution in [1.82, 2.24) is 0 Å². The highest BCUT2D eigenvalue weighted by Crippen LogP contribution is 1.46. The summed E-state index contributed by atoms with van der Waals surface area (Å²) in [5, 5.41) is -0.750. The summed E-state index contributed by atoms with van der Waals surface area (Å²) in [6.07, 6.45) is 0. The van der Waals surface area contributed by atoms with Gasteiger partial charge in [-0.1, -0.05) is 0 Å². The molecule has 0 aromatic rings. The molecule has 3 heteroatoms. The summed E-state index contributed by atoms with van der Waals surface area (Å²) in [4.78, 5) is 9.04. The van der Waals surface area contributed by atoms with Gasteiger partial charge in [-0.05, 0) is 5.01 Å². The van der Waals surface area contributed by atoms with Gasteiger partial charge < -0.3 is 17.4 Å². The lowest BCUT2D eigenvalue weighted by Gasteiger charge is -1.82. The number of rotatable bonds is 0. The van der Waals surface area contributed by atoms with Gasteiger partial charge in [-0.2, -0.15) is 0 Å². The zero-order valence-electron chi connectivity index (χ0n) is 1.89. The first-order chi connectivity index (χ1) is 1.73. The predicted molar refractivity (Wildman–Crippen MR) is 18.5 cm³/mol. The minimum Gasteiger partial charge on any atom is -0.754 e. The lowest BCUT2D eigenvalue weighted by Crippen LogP contribution is -1.78. The summed E-state index contributed by atoms with van der Waals surface area (Å²) in [7, 11) is 4.29. The van der Waals surface area contributed by atoms with Gasteiger partial charge in [0.15, 0.2) is 0 Å². The summed E-state index contributed by atoms with van der Waals surface area (Å²) < 4.78 is 0. The lowest BCUT2D eigenvalue weighted by atomic mass is 10.2. The smallest absolute Gasteiger partial charge is 0.132 e. The second-order valence-electron chi connectivity index (χ2n) is 0.319. The van der Waals surface area contributed by atoms with Gasteiger partial charge in [0.2, 0.25) is 0 Å². The zero-order valence-corrected chi connectivity index (χ0v) is 2.71. The number of hydrogen-bond acceptors (Lipinski definition) is 2. The highest BCUT2D eigenvalue weighted by Gasteiger charge is 1.45. The maximum Gasteiger partial charge on any atom is 0.132 e. The molecule has 0 saturated carbocycles. The monoisotopic (exact) mass is 71.0 g/mol. The Bertz CT molecular complexity index is 31.0. The highest BCUT2D eigenvalue weighted by molar-refractivity contribution is 7.81. The van der Waals surface area contributed by atoms with Crippen molar-refractivity contribution in [2.24, 2.45) is 0 Å². The second-order valence-corrected chi connectivity index (χ2v) is 0.721. The van der Waals surface area contributed by atoms with Crippen LogP contribution in [0.3, 0.4) is 0 Å². The van der Waals surface area contributed by atoms with Crippen LogP contribution in [0, 0.1) is 0 Å². The molecule has 0 N–H and O–H groups in total. The molecule has 0 aliphatic rings. The molecule has 0 rings (SSSR count). The van der Waals surface area contributed by atoms with E-state index in [-0.39, 0.29) is 0 Å². The van der Waals surface area contributed by atoms with Crippen LogP contribution in [0.1, 0.15) is 0 Å². The largest absolute Gasteiger partial charge is 0.754 e. The minimum atomic E-state index is -0.750. The summed E-state index contributed by atoms with van der Waals surface area (Å²) >= 11 is 3.76. The molecule has 0 fully saturated rings. The topological polar surface area (TPSA) is 17.1 Å². The van der Waals surface area contributed by atoms with E-state index in [1.54, 1.807) is 0 Å². The predicted octanol–water partition coefficient (Wildman–Crippen LogP) is -0.178. The molecule has 0 bridgehead atoms. The van der Waals surface area contributed by atoms with Crippen LogP contribution in [0.15, 0.2) is 0 Å². The van der Waals surface area contributed by atoms with E-state index >= 15 is 0 Å². The Morgan fingerprint density at radius 3 is 2.00 bits per heavy atom. The van der Waals surface area contributed by atoms with E-state index in [4.69, 9.17) is 4.79 Å². The van der Waals surface area contributed by atoms with Crippen LogP contribution >= 0.6 is 0 Å². The molecule has 0 saturated heterocycles. The Labute approximate surface area is 31.2 Å². The SMILES string of the molecule is [B]C(=O)[S-]. The normalized spacial score (nSPS) is 6.00. The number of hydrogen-bond donors (Lipinski definition) is 0. The van der Waals surface area contributed by atoms with E-state index in [1.165, 1.54) is 0 Å². The fourth-order valence-electron chi connectivity index (χ4n) is 0. The summed E-state index contributed by atoms with van der Waals surface area (Å²) in [6.45, 7) is 0. The van der Waals surface area contributed by atoms with Crippen LogP contribution in [-0.2, 0) is 12.6 Å². The highest BCUT2D eigenvalue weighted by atomic mass is 32.1. The third-order valence-corrected chi connectivity index (χ3v) is 0. The first-order valence-electron chi connectivity index (χ1n) is 0.697. The zero-order chi connectivity index (χ0) is 3.58. The lowest BCUT2D eigenvalue weighted by molar-refractivity contribution is 0.276. The third-order valence-electron chi connectivity index (χ3n) is 0. The average Bonchev–Trinajstić information content (AvgIpc) is 0.811. The number of carbonyl (C=O) groups is 1. The number of carbonyl (C=O) groups excluding carboxylic acids is 1. The molecule has 20 valence electrons. The molecule has 0 atom stereocenters. The first kappa shape index (κ1) is 3.95. The minimum absolute atomic E-state index is 0.750. The van der Waals surface area contributed by atoms with E-state index in [1.807, 2.05) is 0 Å². The van der Waals surface area contributed by atoms with Crippen LogP contribution < -0.4 is 0 Å². The second kappa shape index (κ2) is 1.29. The summed E-state index contributed by atoms with van der Waals surface area (Å²) in [5.74, 6) is 0. The van der Waals surface area contributed by atoms with Gasteiger partial charge in [0.1, 0.15) is 7.85 Å². The van der Waals surface area contributed by atoms with E-state index in [2.05, 4.69) is 20.5 Å². The Hall–Kier alpha value is -0.0451. The van der Waals surface area contributed by atoms with Crippen molar-refractivity contribution in [2.45, 2.75) is 0 Å². The fraction of sp³-hybridized carbons (Fsp3) is 0. The van der Waals surface area contributed by atoms with Crippen molar-refractivity contribution in [3.05, 3.63) is 0 Å². The molecule has 4 heavy (non-hydrogen) atoms. The van der Waals surface area contributed by atoms with Crippen molar-refractivity contribution >= 4 is 25.5 Å². The van der Waals surface area contributed by atoms with Crippen LogP contribution in [0.2, 0.25) is 0 Å². The van der Waals surface area contributed by atoms with Gasteiger partial charge in [-0.25, -0.2) is 0 Å². The van der Waals surface area contributed by atoms with Crippen molar-refractivity contribution in [3.63, 3.8) is 0 Å². The van der Waals surface area contributed by atoms with Crippen LogP contribution in [0.4, 0.5) is 4.79 Å². The Balaban J connectivity index is 2.80. The van der Waals surface area contributed by atoms with E-state index < -0.39 is 5.01 Å². The van der Waals surface area contributed by atoms with Crippen LogP contribution in [0.5, 0.6) is 0 Å². The van der Waals surface area contributed by atoms with Gasteiger partial charge in [0.25, 0.3) is 0 Å². The van der Waals surface area contributed by atoms with Gasteiger partial charge in [0.05, 0.1) is 0 Å². The standard InChI is InChI=1S/CHBOS/c2-1(3)4/h(H,3,4)/p-1. The fourth-order valence-corrected chi connectivity index (χ4v) is 0. The molecule has 0 aromatic heterocycles. The first-order valence-corrected chi connectivity index (χ1v) is 1.11. The van der Waals surface area contributed by atoms with Crippen LogP contribution in [-0.4, -0.2) is 12.9 Å². The Morgan fingerprint density at radius 2 is 2.00 bits per heavy atom. The van der Waals surface area contributed by atoms with E-state index in [0.717, 1.165) is 0 Å². The molecular formula is CBOS-. The Morgan fingerprint density at radius 1 is 2.00 bits per heavy atom.